The van der Waals surface area contributed by atoms with E-state index in [1.807, 2.05) is 6.92 Å². The molecule has 0 spiro atoms. The van der Waals surface area contributed by atoms with E-state index in [2.05, 4.69) is 0 Å². The van der Waals surface area contributed by atoms with Gasteiger partial charge in [-0.3, -0.25) is 4.79 Å². The topological polar surface area (TPSA) is 40.5 Å². The van der Waals surface area contributed by atoms with Crippen LogP contribution in [-0.2, 0) is 4.79 Å². The van der Waals surface area contributed by atoms with Gasteiger partial charge in [-0.2, -0.15) is 0 Å². The Labute approximate surface area is 98.8 Å². The van der Waals surface area contributed by atoms with Gasteiger partial charge in [0.2, 0.25) is 5.91 Å². The second-order valence-corrected chi connectivity index (χ2v) is 5.08. The molecule has 0 aromatic carbocycles. The zero-order valence-electron chi connectivity index (χ0n) is 10.6. The van der Waals surface area contributed by atoms with E-state index in [-0.39, 0.29) is 18.6 Å². The number of likely N-dealkylation sites (N-methyl/N-ethyl adjacent to an activating group) is 1. The second kappa shape index (κ2) is 6.89. The molecule has 1 amide bonds. The lowest BCUT2D eigenvalue weighted by molar-refractivity contribution is -0.132. The zero-order chi connectivity index (χ0) is 12.0. The van der Waals surface area contributed by atoms with Gasteiger partial charge in [0, 0.05) is 13.5 Å². The van der Waals surface area contributed by atoms with Crippen LogP contribution in [0.4, 0.5) is 0 Å². The minimum absolute atomic E-state index is 0.0473. The first-order valence-electron chi connectivity index (χ1n) is 6.51. The zero-order valence-corrected chi connectivity index (χ0v) is 10.6. The fourth-order valence-electron chi connectivity index (χ4n) is 2.35. The highest BCUT2D eigenvalue weighted by Crippen LogP contribution is 2.27. The number of amides is 1. The van der Waals surface area contributed by atoms with E-state index in [4.69, 9.17) is 5.11 Å². The van der Waals surface area contributed by atoms with Crippen LogP contribution < -0.4 is 0 Å². The molecule has 0 aliphatic heterocycles. The third kappa shape index (κ3) is 4.12. The number of nitrogens with zero attached hydrogens (tertiary/aromatic N) is 1. The van der Waals surface area contributed by atoms with Crippen molar-refractivity contribution in [1.29, 1.82) is 0 Å². The third-order valence-electron chi connectivity index (χ3n) is 3.81. The number of aliphatic hydroxyl groups excluding tert-OH is 1. The van der Waals surface area contributed by atoms with E-state index in [1.165, 1.54) is 32.1 Å². The van der Waals surface area contributed by atoms with Gasteiger partial charge in [-0.25, -0.2) is 0 Å². The number of rotatable bonds is 5. The molecule has 0 radical (unpaired) electrons. The summed E-state index contributed by atoms with van der Waals surface area (Å²) in [7, 11) is 1.78. The lowest BCUT2D eigenvalue weighted by Gasteiger charge is -2.25. The highest BCUT2D eigenvalue weighted by molar-refractivity contribution is 5.76. The molecule has 0 bridgehead atoms. The molecule has 3 heteroatoms. The van der Waals surface area contributed by atoms with Gasteiger partial charge in [0.1, 0.15) is 0 Å². The van der Waals surface area contributed by atoms with Gasteiger partial charge in [-0.05, 0) is 19.3 Å². The maximum Gasteiger partial charge on any atom is 0.222 e. The molecule has 3 nitrogen and oxygen atoms in total. The van der Waals surface area contributed by atoms with Crippen molar-refractivity contribution in [2.24, 2.45) is 5.92 Å². The van der Waals surface area contributed by atoms with Crippen LogP contribution in [0.15, 0.2) is 0 Å². The largest absolute Gasteiger partial charge is 0.394 e. The Morgan fingerprint density at radius 3 is 2.56 bits per heavy atom. The summed E-state index contributed by atoms with van der Waals surface area (Å²) in [6.45, 7) is 1.92. The number of carbonyl (C=O) groups is 1. The summed E-state index contributed by atoms with van der Waals surface area (Å²) < 4.78 is 0. The molecule has 1 N–H and O–H groups in total. The molecular formula is C13H25NO2. The Morgan fingerprint density at radius 2 is 2.00 bits per heavy atom. The average molecular weight is 227 g/mol. The van der Waals surface area contributed by atoms with Gasteiger partial charge in [-0.15, -0.1) is 0 Å². The van der Waals surface area contributed by atoms with Crippen LogP contribution in [0, 0.1) is 5.92 Å². The molecule has 1 saturated carbocycles. The molecule has 1 unspecified atom stereocenters. The Kier molecular flexibility index (Phi) is 5.81. The second-order valence-electron chi connectivity index (χ2n) is 5.08. The normalized spacial score (nSPS) is 19.4. The smallest absolute Gasteiger partial charge is 0.222 e. The quantitative estimate of drug-likeness (QED) is 0.782. The molecule has 1 atom stereocenters. The van der Waals surface area contributed by atoms with Gasteiger partial charge in [0.05, 0.1) is 12.6 Å². The van der Waals surface area contributed by atoms with Crippen molar-refractivity contribution in [2.45, 2.75) is 57.9 Å². The molecule has 0 saturated heterocycles. The lowest BCUT2D eigenvalue weighted by Crippen LogP contribution is -2.37. The van der Waals surface area contributed by atoms with Crippen LogP contribution in [0.1, 0.15) is 51.9 Å². The first-order chi connectivity index (χ1) is 7.65. The first-order valence-corrected chi connectivity index (χ1v) is 6.51. The predicted octanol–water partition coefficient (Wildman–Crippen LogP) is 2.19. The highest BCUT2D eigenvalue weighted by Gasteiger charge is 2.18. The van der Waals surface area contributed by atoms with E-state index in [0.29, 0.717) is 6.42 Å². The summed E-state index contributed by atoms with van der Waals surface area (Å²) in [5.41, 5.74) is 0. The Hall–Kier alpha value is -0.570. The minimum atomic E-state index is -0.0566. The van der Waals surface area contributed by atoms with Gasteiger partial charge < -0.3 is 10.0 Å². The fourth-order valence-corrected chi connectivity index (χ4v) is 2.35. The fraction of sp³-hybridized carbons (Fsp3) is 0.923. The molecule has 1 aliphatic rings. The van der Waals surface area contributed by atoms with Gasteiger partial charge >= 0.3 is 0 Å². The van der Waals surface area contributed by atoms with Crippen LogP contribution in [0.25, 0.3) is 0 Å². The van der Waals surface area contributed by atoms with Crippen LogP contribution in [0.3, 0.4) is 0 Å². The molecule has 94 valence electrons. The molecule has 1 aliphatic carbocycles. The van der Waals surface area contributed by atoms with Crippen LogP contribution >= 0.6 is 0 Å². The molecule has 0 aromatic heterocycles. The number of aliphatic hydroxyl groups is 1. The summed E-state index contributed by atoms with van der Waals surface area (Å²) >= 11 is 0. The molecule has 16 heavy (non-hydrogen) atoms. The van der Waals surface area contributed by atoms with E-state index in [1.54, 1.807) is 11.9 Å². The molecule has 1 fully saturated rings. The van der Waals surface area contributed by atoms with Crippen molar-refractivity contribution >= 4 is 5.91 Å². The summed E-state index contributed by atoms with van der Waals surface area (Å²) in [4.78, 5) is 13.5. The lowest BCUT2D eigenvalue weighted by atomic mass is 9.86. The standard InChI is InChI=1S/C13H25NO2/c1-11(10-15)14(2)13(16)9-8-12-6-4-3-5-7-12/h11-12,15H,3-10H2,1-2H3. The molecule has 0 aromatic rings. The minimum Gasteiger partial charge on any atom is -0.394 e. The van der Waals surface area contributed by atoms with E-state index in [9.17, 15) is 4.79 Å². The molecule has 0 heterocycles. The van der Waals surface area contributed by atoms with Crippen molar-refractivity contribution < 1.29 is 9.90 Å². The van der Waals surface area contributed by atoms with Crippen LogP contribution in [0.2, 0.25) is 0 Å². The Morgan fingerprint density at radius 1 is 1.38 bits per heavy atom. The van der Waals surface area contributed by atoms with Crippen LogP contribution in [0.5, 0.6) is 0 Å². The van der Waals surface area contributed by atoms with Crippen molar-refractivity contribution in [3.05, 3.63) is 0 Å². The molecular weight excluding hydrogens is 202 g/mol. The number of hydrogen-bond acceptors (Lipinski definition) is 2. The first kappa shape index (κ1) is 13.5. The Balaban J connectivity index is 2.23. The Bertz CT molecular complexity index is 212. The van der Waals surface area contributed by atoms with E-state index < -0.39 is 0 Å². The number of hydrogen-bond donors (Lipinski definition) is 1. The van der Waals surface area contributed by atoms with Crippen molar-refractivity contribution in [3.8, 4) is 0 Å². The van der Waals surface area contributed by atoms with Gasteiger partial charge in [0.15, 0.2) is 0 Å². The monoisotopic (exact) mass is 227 g/mol. The van der Waals surface area contributed by atoms with Crippen LogP contribution in [-0.4, -0.2) is 35.6 Å². The van der Waals surface area contributed by atoms with Gasteiger partial charge in [0.25, 0.3) is 0 Å². The summed E-state index contributed by atoms with van der Waals surface area (Å²) in [6.07, 6.45) is 8.31. The SMILES string of the molecule is CC(CO)N(C)C(=O)CCC1CCCCC1. The number of carbonyl (C=O) groups excluding carboxylic acids is 1. The van der Waals surface area contributed by atoms with Crippen molar-refractivity contribution in [2.75, 3.05) is 13.7 Å². The van der Waals surface area contributed by atoms with Crippen molar-refractivity contribution in [3.63, 3.8) is 0 Å². The highest BCUT2D eigenvalue weighted by atomic mass is 16.3. The summed E-state index contributed by atoms with van der Waals surface area (Å²) in [5, 5.41) is 8.98. The summed E-state index contributed by atoms with van der Waals surface area (Å²) in [5.74, 6) is 0.933. The van der Waals surface area contributed by atoms with E-state index in [0.717, 1.165) is 12.3 Å². The average Bonchev–Trinajstić information content (AvgIpc) is 2.35. The van der Waals surface area contributed by atoms with Gasteiger partial charge in [-0.1, -0.05) is 32.1 Å². The third-order valence-corrected chi connectivity index (χ3v) is 3.81. The maximum absolute atomic E-state index is 11.8. The van der Waals surface area contributed by atoms with Crippen molar-refractivity contribution in [1.82, 2.24) is 4.90 Å². The maximum atomic E-state index is 11.8. The van der Waals surface area contributed by atoms with E-state index >= 15 is 0 Å². The predicted molar refractivity (Wildman–Crippen MR) is 65.1 cm³/mol. The summed E-state index contributed by atoms with van der Waals surface area (Å²) in [6, 6.07) is -0.0566. The molecule has 1 rings (SSSR count).